The van der Waals surface area contributed by atoms with Crippen molar-refractivity contribution in [3.05, 3.63) is 144 Å². The number of benzene rings is 4. The van der Waals surface area contributed by atoms with Crippen molar-refractivity contribution in [1.82, 2.24) is 0 Å². The molecule has 1 aliphatic heterocycles. The van der Waals surface area contributed by atoms with Crippen LogP contribution in [0.5, 0.6) is 0 Å². The fraction of sp³-hybridized carbons (Fsp3) is 0.314. The Morgan fingerprint density at radius 1 is 0.488 bits per heavy atom. The summed E-state index contributed by atoms with van der Waals surface area (Å²) < 4.78 is 38.2. The first kappa shape index (κ1) is 29.1. The van der Waals surface area contributed by atoms with Crippen LogP contribution in [0.25, 0.3) is 0 Å². The highest BCUT2D eigenvalue weighted by Gasteiger charge is 2.48. The topological polar surface area (TPSA) is 55.4 Å². The molecule has 1 saturated heterocycles. The van der Waals surface area contributed by atoms with Crippen molar-refractivity contribution in [2.24, 2.45) is 0 Å². The quantitative estimate of drug-likeness (QED) is 0.182. The second-order valence-electron chi connectivity index (χ2n) is 10.1. The smallest absolute Gasteiger partial charge is 0.186 e. The average molecular weight is 555 g/mol. The van der Waals surface area contributed by atoms with Crippen molar-refractivity contribution in [2.75, 3.05) is 13.7 Å². The Morgan fingerprint density at radius 3 is 1.32 bits per heavy atom. The van der Waals surface area contributed by atoms with E-state index in [4.69, 9.17) is 28.4 Å². The maximum atomic E-state index is 6.63. The van der Waals surface area contributed by atoms with Crippen LogP contribution in [0.2, 0.25) is 0 Å². The highest BCUT2D eigenvalue weighted by atomic mass is 16.7. The summed E-state index contributed by atoms with van der Waals surface area (Å²) in [5.41, 5.74) is 4.27. The van der Waals surface area contributed by atoms with Gasteiger partial charge in [-0.2, -0.15) is 0 Å². The third-order valence-electron chi connectivity index (χ3n) is 7.07. The van der Waals surface area contributed by atoms with Gasteiger partial charge in [-0.3, -0.25) is 0 Å². The van der Waals surface area contributed by atoms with Crippen molar-refractivity contribution >= 4 is 0 Å². The van der Waals surface area contributed by atoms with E-state index >= 15 is 0 Å². The van der Waals surface area contributed by atoms with E-state index in [1.165, 1.54) is 0 Å². The SMILES string of the molecule is CO[C@H]1OC(COCc2ccccc2)[C@H](OCc2ccccc2)[C@H](OCc2ccccc2)[C@@H]1OCc1ccccc1. The first-order valence-corrected chi connectivity index (χ1v) is 14.1. The first-order valence-electron chi connectivity index (χ1n) is 14.1. The fourth-order valence-electron chi connectivity index (χ4n) is 4.94. The van der Waals surface area contributed by atoms with Gasteiger partial charge in [0.2, 0.25) is 0 Å². The number of hydrogen-bond acceptors (Lipinski definition) is 6. The molecular weight excluding hydrogens is 516 g/mol. The van der Waals surface area contributed by atoms with Crippen molar-refractivity contribution in [1.29, 1.82) is 0 Å². The van der Waals surface area contributed by atoms with Crippen LogP contribution in [0.15, 0.2) is 121 Å². The van der Waals surface area contributed by atoms with Gasteiger partial charge in [-0.1, -0.05) is 121 Å². The van der Waals surface area contributed by atoms with Gasteiger partial charge in [0.15, 0.2) is 6.29 Å². The molecule has 4 aromatic rings. The summed E-state index contributed by atoms with van der Waals surface area (Å²) in [6.45, 7) is 1.97. The molecule has 41 heavy (non-hydrogen) atoms. The van der Waals surface area contributed by atoms with Gasteiger partial charge in [-0.25, -0.2) is 0 Å². The lowest BCUT2D eigenvalue weighted by Crippen LogP contribution is -2.61. The van der Waals surface area contributed by atoms with Crippen molar-refractivity contribution < 1.29 is 28.4 Å². The van der Waals surface area contributed by atoms with Crippen LogP contribution in [0.4, 0.5) is 0 Å². The first-order chi connectivity index (χ1) is 20.3. The van der Waals surface area contributed by atoms with E-state index in [0.29, 0.717) is 33.0 Å². The zero-order valence-corrected chi connectivity index (χ0v) is 23.4. The van der Waals surface area contributed by atoms with Crippen LogP contribution < -0.4 is 0 Å². The minimum Gasteiger partial charge on any atom is -0.374 e. The second-order valence-corrected chi connectivity index (χ2v) is 10.1. The number of hydrogen-bond donors (Lipinski definition) is 0. The highest BCUT2D eigenvalue weighted by Crippen LogP contribution is 2.31. The molecule has 0 amide bonds. The standard InChI is InChI=1S/C35H38O6/c1-36-35-34(40-25-30-20-12-5-13-21-30)33(39-24-29-18-10-4-11-19-29)32(38-23-28-16-8-3-9-17-28)31(41-35)26-37-22-27-14-6-2-7-15-27/h2-21,31-35H,22-26H2,1H3/t31?,32-,33-,34-,35-/m0/s1. The molecule has 6 nitrogen and oxygen atoms in total. The van der Waals surface area contributed by atoms with Crippen molar-refractivity contribution in [2.45, 2.75) is 57.1 Å². The third-order valence-corrected chi connectivity index (χ3v) is 7.07. The molecule has 0 radical (unpaired) electrons. The Kier molecular flexibility index (Phi) is 11.1. The number of ether oxygens (including phenoxy) is 6. The van der Waals surface area contributed by atoms with Gasteiger partial charge in [0.1, 0.15) is 24.4 Å². The molecule has 0 saturated carbocycles. The molecule has 1 heterocycles. The normalized spacial score (nSPS) is 22.4. The average Bonchev–Trinajstić information content (AvgIpc) is 3.04. The molecule has 5 rings (SSSR count). The minimum absolute atomic E-state index is 0.310. The predicted molar refractivity (Wildman–Crippen MR) is 157 cm³/mol. The van der Waals surface area contributed by atoms with E-state index in [0.717, 1.165) is 22.3 Å². The molecule has 0 aromatic heterocycles. The van der Waals surface area contributed by atoms with Crippen LogP contribution in [0, 0.1) is 0 Å². The lowest BCUT2D eigenvalue weighted by molar-refractivity contribution is -0.323. The molecule has 1 unspecified atom stereocenters. The molecule has 4 aromatic carbocycles. The third kappa shape index (κ3) is 8.57. The Labute approximate surface area is 242 Å². The van der Waals surface area contributed by atoms with Gasteiger partial charge in [0, 0.05) is 7.11 Å². The van der Waals surface area contributed by atoms with E-state index in [9.17, 15) is 0 Å². The molecule has 1 fully saturated rings. The Hall–Kier alpha value is -3.36. The van der Waals surface area contributed by atoms with Gasteiger partial charge in [0.25, 0.3) is 0 Å². The Balaban J connectivity index is 1.38. The Bertz CT molecular complexity index is 1260. The zero-order chi connectivity index (χ0) is 28.1. The van der Waals surface area contributed by atoms with Crippen LogP contribution in [-0.4, -0.2) is 44.4 Å². The van der Waals surface area contributed by atoms with E-state index in [1.54, 1.807) is 7.11 Å². The van der Waals surface area contributed by atoms with Gasteiger partial charge in [-0.15, -0.1) is 0 Å². The Morgan fingerprint density at radius 2 is 0.878 bits per heavy atom. The van der Waals surface area contributed by atoms with Gasteiger partial charge < -0.3 is 28.4 Å². The van der Waals surface area contributed by atoms with Gasteiger partial charge in [0.05, 0.1) is 33.0 Å². The predicted octanol–water partition coefficient (Wildman–Crippen LogP) is 6.33. The van der Waals surface area contributed by atoms with Crippen molar-refractivity contribution in [3.63, 3.8) is 0 Å². The molecule has 6 heteroatoms. The lowest BCUT2D eigenvalue weighted by Gasteiger charge is -2.45. The number of methoxy groups -OCH3 is 1. The molecule has 1 aliphatic rings. The van der Waals surface area contributed by atoms with Gasteiger partial charge >= 0.3 is 0 Å². The van der Waals surface area contributed by atoms with E-state index in [2.05, 4.69) is 0 Å². The molecule has 0 spiro atoms. The molecule has 0 bridgehead atoms. The molecule has 214 valence electrons. The summed E-state index contributed by atoms with van der Waals surface area (Å²) in [4.78, 5) is 0. The summed E-state index contributed by atoms with van der Waals surface area (Å²) in [5.74, 6) is 0. The molecule has 0 N–H and O–H groups in total. The van der Waals surface area contributed by atoms with Crippen LogP contribution in [0.3, 0.4) is 0 Å². The van der Waals surface area contributed by atoms with Crippen LogP contribution in [-0.2, 0) is 54.8 Å². The lowest BCUT2D eigenvalue weighted by atomic mass is 9.97. The van der Waals surface area contributed by atoms with Gasteiger partial charge in [-0.05, 0) is 22.3 Å². The van der Waals surface area contributed by atoms with E-state index < -0.39 is 30.7 Å². The zero-order valence-electron chi connectivity index (χ0n) is 23.4. The summed E-state index contributed by atoms with van der Waals surface area (Å²) in [7, 11) is 1.63. The maximum absolute atomic E-state index is 6.63. The summed E-state index contributed by atoms with van der Waals surface area (Å²) in [6, 6.07) is 40.4. The fourth-order valence-corrected chi connectivity index (χ4v) is 4.94. The van der Waals surface area contributed by atoms with E-state index in [1.807, 2.05) is 121 Å². The van der Waals surface area contributed by atoms with Crippen LogP contribution >= 0.6 is 0 Å². The number of rotatable bonds is 14. The highest BCUT2D eigenvalue weighted by molar-refractivity contribution is 5.16. The summed E-state index contributed by atoms with van der Waals surface area (Å²) in [5, 5.41) is 0. The molecule has 0 aliphatic carbocycles. The van der Waals surface area contributed by atoms with Crippen LogP contribution in [0.1, 0.15) is 22.3 Å². The molecular formula is C35H38O6. The summed E-state index contributed by atoms with van der Waals surface area (Å²) in [6.07, 6.45) is -2.59. The summed E-state index contributed by atoms with van der Waals surface area (Å²) >= 11 is 0. The second kappa shape index (κ2) is 15.6. The monoisotopic (exact) mass is 554 g/mol. The van der Waals surface area contributed by atoms with Crippen molar-refractivity contribution in [3.8, 4) is 0 Å². The van der Waals surface area contributed by atoms with E-state index in [-0.39, 0.29) is 0 Å². The minimum atomic E-state index is -0.665. The largest absolute Gasteiger partial charge is 0.374 e. The maximum Gasteiger partial charge on any atom is 0.186 e. The molecule has 5 atom stereocenters.